The van der Waals surface area contributed by atoms with Crippen LogP contribution >= 0.6 is 11.6 Å². The van der Waals surface area contributed by atoms with Crippen LogP contribution in [0, 0.1) is 5.82 Å². The van der Waals surface area contributed by atoms with E-state index in [1.165, 1.54) is 6.07 Å². The van der Waals surface area contributed by atoms with E-state index in [9.17, 15) is 4.39 Å². The van der Waals surface area contributed by atoms with Crippen molar-refractivity contribution in [1.82, 2.24) is 0 Å². The average Bonchev–Trinajstić information content (AvgIpc) is 2.23. The van der Waals surface area contributed by atoms with Crippen LogP contribution < -0.4 is 0 Å². The van der Waals surface area contributed by atoms with Crippen molar-refractivity contribution in [2.24, 2.45) is 0 Å². The van der Waals surface area contributed by atoms with Crippen LogP contribution in [0.1, 0.15) is 0 Å². The van der Waals surface area contributed by atoms with E-state index in [0.717, 1.165) is 11.1 Å². The molecule has 15 heavy (non-hydrogen) atoms. The fourth-order valence-electron chi connectivity index (χ4n) is 1.33. The minimum atomic E-state index is -0.431. The first-order chi connectivity index (χ1) is 7.16. The molecule has 2 aromatic rings. The Hall–Kier alpha value is -1.54. The molecule has 0 unspecified atom stereocenters. The highest BCUT2D eigenvalue weighted by Gasteiger charge is 2.02. The van der Waals surface area contributed by atoms with Crippen LogP contribution in [0.25, 0.3) is 11.1 Å². The molecule has 0 amide bonds. The molecular formula is C12H8ClFO. The topological polar surface area (TPSA) is 20.2 Å². The zero-order chi connectivity index (χ0) is 10.8. The quantitative estimate of drug-likeness (QED) is 0.777. The summed E-state index contributed by atoms with van der Waals surface area (Å²) in [6.45, 7) is 0. The molecular weight excluding hydrogens is 215 g/mol. The van der Waals surface area contributed by atoms with E-state index < -0.39 is 5.82 Å². The summed E-state index contributed by atoms with van der Waals surface area (Å²) in [6.07, 6.45) is 0. The highest BCUT2D eigenvalue weighted by Crippen LogP contribution is 2.25. The molecule has 0 aliphatic rings. The van der Waals surface area contributed by atoms with Crippen molar-refractivity contribution in [3.8, 4) is 16.9 Å². The molecule has 2 aromatic carbocycles. The molecule has 0 bridgehead atoms. The summed E-state index contributed by atoms with van der Waals surface area (Å²) in [6, 6.07) is 11.2. The van der Waals surface area contributed by atoms with Gasteiger partial charge in [-0.05, 0) is 35.4 Å². The first kappa shape index (κ1) is 9.99. The molecule has 0 radical (unpaired) electrons. The first-order valence-corrected chi connectivity index (χ1v) is 4.79. The van der Waals surface area contributed by atoms with Gasteiger partial charge < -0.3 is 5.11 Å². The van der Waals surface area contributed by atoms with Crippen LogP contribution in [0.4, 0.5) is 4.39 Å². The van der Waals surface area contributed by atoms with Gasteiger partial charge in [0.25, 0.3) is 0 Å². The van der Waals surface area contributed by atoms with Crippen molar-refractivity contribution in [3.05, 3.63) is 53.3 Å². The van der Waals surface area contributed by atoms with Crippen LogP contribution in [0.5, 0.6) is 5.75 Å². The predicted octanol–water partition coefficient (Wildman–Crippen LogP) is 3.85. The van der Waals surface area contributed by atoms with Gasteiger partial charge in [0.2, 0.25) is 0 Å². The van der Waals surface area contributed by atoms with Gasteiger partial charge in [0.1, 0.15) is 11.6 Å². The molecule has 0 fully saturated rings. The standard InChI is InChI=1S/C12H8ClFO/c13-11-7-9(3-6-12(11)14)8-1-4-10(15)5-2-8/h1-7,15H. The number of phenolic OH excluding ortho intramolecular Hbond substituents is 1. The lowest BCUT2D eigenvalue weighted by Crippen LogP contribution is -1.80. The van der Waals surface area contributed by atoms with E-state index in [0.29, 0.717) is 0 Å². The minimum Gasteiger partial charge on any atom is -0.508 e. The number of aromatic hydroxyl groups is 1. The Morgan fingerprint density at radius 3 is 2.13 bits per heavy atom. The third-order valence-electron chi connectivity index (χ3n) is 2.12. The second-order valence-corrected chi connectivity index (χ2v) is 3.58. The summed E-state index contributed by atoms with van der Waals surface area (Å²) in [5.41, 5.74) is 1.70. The van der Waals surface area contributed by atoms with Gasteiger partial charge in [-0.1, -0.05) is 29.8 Å². The zero-order valence-electron chi connectivity index (χ0n) is 7.74. The molecule has 0 atom stereocenters. The lowest BCUT2D eigenvalue weighted by Gasteiger charge is -2.02. The van der Waals surface area contributed by atoms with Crippen molar-refractivity contribution in [3.63, 3.8) is 0 Å². The average molecular weight is 223 g/mol. The molecule has 0 heterocycles. The number of hydrogen-bond donors (Lipinski definition) is 1. The molecule has 2 rings (SSSR count). The van der Waals surface area contributed by atoms with Crippen molar-refractivity contribution in [1.29, 1.82) is 0 Å². The molecule has 0 aliphatic heterocycles. The van der Waals surface area contributed by atoms with Crippen molar-refractivity contribution in [2.45, 2.75) is 0 Å². The Morgan fingerprint density at radius 2 is 1.53 bits per heavy atom. The van der Waals surface area contributed by atoms with E-state index in [2.05, 4.69) is 0 Å². The van der Waals surface area contributed by atoms with Gasteiger partial charge in [0.05, 0.1) is 5.02 Å². The minimum absolute atomic E-state index is 0.0978. The summed E-state index contributed by atoms with van der Waals surface area (Å²) in [7, 11) is 0. The summed E-state index contributed by atoms with van der Waals surface area (Å²) in [4.78, 5) is 0. The fraction of sp³-hybridized carbons (Fsp3) is 0. The Morgan fingerprint density at radius 1 is 0.933 bits per heavy atom. The number of hydrogen-bond acceptors (Lipinski definition) is 1. The second-order valence-electron chi connectivity index (χ2n) is 3.18. The number of phenols is 1. The van der Waals surface area contributed by atoms with Gasteiger partial charge in [-0.15, -0.1) is 0 Å². The largest absolute Gasteiger partial charge is 0.508 e. The Kier molecular flexibility index (Phi) is 2.60. The number of rotatable bonds is 1. The summed E-state index contributed by atoms with van der Waals surface area (Å²) in [5, 5.41) is 9.21. The zero-order valence-corrected chi connectivity index (χ0v) is 8.50. The highest BCUT2D eigenvalue weighted by molar-refractivity contribution is 6.31. The predicted molar refractivity (Wildman–Crippen MR) is 58.5 cm³/mol. The van der Waals surface area contributed by atoms with E-state index >= 15 is 0 Å². The van der Waals surface area contributed by atoms with E-state index in [1.54, 1.807) is 36.4 Å². The van der Waals surface area contributed by atoms with Gasteiger partial charge >= 0.3 is 0 Å². The summed E-state index contributed by atoms with van der Waals surface area (Å²) in [5.74, 6) is -0.230. The molecule has 1 N–H and O–H groups in total. The number of benzene rings is 2. The molecule has 0 saturated carbocycles. The summed E-state index contributed by atoms with van der Waals surface area (Å²) < 4.78 is 12.9. The Balaban J connectivity index is 2.45. The van der Waals surface area contributed by atoms with Gasteiger partial charge in [0, 0.05) is 0 Å². The van der Waals surface area contributed by atoms with E-state index in [-0.39, 0.29) is 10.8 Å². The summed E-state index contributed by atoms with van der Waals surface area (Å²) >= 11 is 5.67. The molecule has 0 spiro atoms. The van der Waals surface area contributed by atoms with Gasteiger partial charge in [-0.3, -0.25) is 0 Å². The van der Waals surface area contributed by atoms with Gasteiger partial charge in [-0.2, -0.15) is 0 Å². The maximum Gasteiger partial charge on any atom is 0.141 e. The Bertz CT molecular complexity index is 479. The SMILES string of the molecule is Oc1ccc(-c2ccc(F)c(Cl)c2)cc1. The molecule has 76 valence electrons. The van der Waals surface area contributed by atoms with E-state index in [4.69, 9.17) is 16.7 Å². The molecule has 3 heteroatoms. The van der Waals surface area contributed by atoms with Crippen LogP contribution in [-0.4, -0.2) is 5.11 Å². The monoisotopic (exact) mass is 222 g/mol. The van der Waals surface area contributed by atoms with Crippen LogP contribution in [-0.2, 0) is 0 Å². The van der Waals surface area contributed by atoms with Gasteiger partial charge in [0.15, 0.2) is 0 Å². The number of halogens is 2. The molecule has 0 saturated heterocycles. The van der Waals surface area contributed by atoms with Crippen molar-refractivity contribution >= 4 is 11.6 Å². The highest BCUT2D eigenvalue weighted by atomic mass is 35.5. The molecule has 1 nitrogen and oxygen atoms in total. The third-order valence-corrected chi connectivity index (χ3v) is 2.41. The van der Waals surface area contributed by atoms with Crippen molar-refractivity contribution < 1.29 is 9.50 Å². The van der Waals surface area contributed by atoms with Crippen LogP contribution in [0.3, 0.4) is 0 Å². The lowest BCUT2D eigenvalue weighted by atomic mass is 10.1. The lowest BCUT2D eigenvalue weighted by molar-refractivity contribution is 0.475. The molecule has 0 aliphatic carbocycles. The molecule has 0 aromatic heterocycles. The normalized spacial score (nSPS) is 10.3. The first-order valence-electron chi connectivity index (χ1n) is 4.41. The third kappa shape index (κ3) is 2.10. The maximum absolute atomic E-state index is 12.9. The fourth-order valence-corrected chi connectivity index (χ4v) is 1.51. The van der Waals surface area contributed by atoms with Crippen molar-refractivity contribution in [2.75, 3.05) is 0 Å². The second kappa shape index (κ2) is 3.91. The van der Waals surface area contributed by atoms with Crippen LogP contribution in [0.15, 0.2) is 42.5 Å². The Labute approximate surface area is 91.8 Å². The van der Waals surface area contributed by atoms with E-state index in [1.807, 2.05) is 0 Å². The smallest absolute Gasteiger partial charge is 0.141 e. The van der Waals surface area contributed by atoms with Gasteiger partial charge in [-0.25, -0.2) is 4.39 Å². The van der Waals surface area contributed by atoms with Crippen LogP contribution in [0.2, 0.25) is 5.02 Å². The maximum atomic E-state index is 12.9.